The second-order valence-corrected chi connectivity index (χ2v) is 6.66. The molecule has 0 saturated heterocycles. The Morgan fingerprint density at radius 2 is 1.37 bits per heavy atom. The van der Waals surface area contributed by atoms with Gasteiger partial charge in [0.15, 0.2) is 0 Å². The van der Waals surface area contributed by atoms with Crippen molar-refractivity contribution in [3.05, 3.63) is 95.7 Å². The summed E-state index contributed by atoms with van der Waals surface area (Å²) in [5.41, 5.74) is 9.57. The molecule has 4 heteroatoms. The van der Waals surface area contributed by atoms with Crippen LogP contribution in [0.3, 0.4) is 0 Å². The highest BCUT2D eigenvalue weighted by Crippen LogP contribution is 2.36. The summed E-state index contributed by atoms with van der Waals surface area (Å²) >= 11 is 0. The summed E-state index contributed by atoms with van der Waals surface area (Å²) in [6, 6.07) is 24.1. The molecule has 5 rings (SSSR count). The number of aromatic nitrogens is 1. The van der Waals surface area contributed by atoms with E-state index in [1.54, 1.807) is 0 Å². The molecule has 4 aromatic rings. The van der Waals surface area contributed by atoms with E-state index in [2.05, 4.69) is 22.7 Å². The van der Waals surface area contributed by atoms with Crippen molar-refractivity contribution in [1.82, 2.24) is 9.99 Å². The van der Waals surface area contributed by atoms with Gasteiger partial charge in [0, 0.05) is 35.3 Å². The van der Waals surface area contributed by atoms with Crippen LogP contribution in [-0.4, -0.2) is 16.2 Å². The first-order valence-electron chi connectivity index (χ1n) is 8.85. The van der Waals surface area contributed by atoms with Crippen molar-refractivity contribution in [2.45, 2.75) is 0 Å². The van der Waals surface area contributed by atoms with E-state index in [9.17, 15) is 4.79 Å². The predicted octanol–water partition coefficient (Wildman–Crippen LogP) is 4.34. The van der Waals surface area contributed by atoms with E-state index in [0.717, 1.165) is 38.9 Å². The quantitative estimate of drug-likeness (QED) is 0.473. The van der Waals surface area contributed by atoms with Gasteiger partial charge in [-0.2, -0.15) is 5.10 Å². The van der Waals surface area contributed by atoms with Crippen LogP contribution in [0.15, 0.2) is 84.1 Å². The summed E-state index contributed by atoms with van der Waals surface area (Å²) in [6.07, 6.45) is 1.84. The van der Waals surface area contributed by atoms with Crippen LogP contribution in [0.5, 0.6) is 0 Å². The zero-order valence-corrected chi connectivity index (χ0v) is 14.8. The number of para-hydroxylation sites is 1. The predicted molar refractivity (Wildman–Crippen MR) is 108 cm³/mol. The van der Waals surface area contributed by atoms with Gasteiger partial charge < -0.3 is 4.57 Å². The topological polar surface area (TPSA) is 46.4 Å². The number of carbonyl (C=O) groups excluding carboxylic acids is 1. The Hall–Kier alpha value is -3.66. The van der Waals surface area contributed by atoms with Crippen LogP contribution in [0.2, 0.25) is 0 Å². The van der Waals surface area contributed by atoms with Crippen molar-refractivity contribution in [2.24, 2.45) is 12.1 Å². The number of hydrogen-bond donors (Lipinski definition) is 1. The van der Waals surface area contributed by atoms with Gasteiger partial charge in [0.2, 0.25) is 0 Å². The first-order valence-corrected chi connectivity index (χ1v) is 8.85. The first-order chi connectivity index (χ1) is 13.2. The lowest BCUT2D eigenvalue weighted by Crippen LogP contribution is -2.19. The fourth-order valence-electron chi connectivity index (χ4n) is 3.80. The second kappa shape index (κ2) is 5.95. The molecular formula is C23H17N3O. The normalized spacial score (nSPS) is 12.0. The maximum atomic E-state index is 12.8. The van der Waals surface area contributed by atoms with Gasteiger partial charge in [0.05, 0.1) is 11.3 Å². The van der Waals surface area contributed by atoms with Crippen LogP contribution in [0.4, 0.5) is 0 Å². The van der Waals surface area contributed by atoms with Crippen LogP contribution in [0, 0.1) is 0 Å². The lowest BCUT2D eigenvalue weighted by atomic mass is 10.1. The van der Waals surface area contributed by atoms with Crippen LogP contribution in [0.25, 0.3) is 22.0 Å². The number of fused-ring (bicyclic) bond motifs is 4. The van der Waals surface area contributed by atoms with Gasteiger partial charge in [-0.1, -0.05) is 66.7 Å². The molecule has 0 aliphatic heterocycles. The Labute approximate surface area is 156 Å². The number of rotatable bonds is 2. The number of amides is 1. The van der Waals surface area contributed by atoms with Crippen LogP contribution in [-0.2, 0) is 7.05 Å². The SMILES string of the molecule is Cn1cc(C(=O)NN=C2c3ccccc3-c3ccccc32)c2ccccc21. The molecule has 0 atom stereocenters. The van der Waals surface area contributed by atoms with Crippen molar-refractivity contribution < 1.29 is 4.79 Å². The van der Waals surface area contributed by atoms with Gasteiger partial charge >= 0.3 is 0 Å². The molecular weight excluding hydrogens is 334 g/mol. The summed E-state index contributed by atoms with van der Waals surface area (Å²) in [5.74, 6) is -0.207. The Kier molecular flexibility index (Phi) is 3.44. The van der Waals surface area contributed by atoms with Gasteiger partial charge in [0.1, 0.15) is 0 Å². The maximum absolute atomic E-state index is 12.8. The van der Waals surface area contributed by atoms with Crippen molar-refractivity contribution in [3.8, 4) is 11.1 Å². The summed E-state index contributed by atoms with van der Waals surface area (Å²) in [7, 11) is 1.94. The molecule has 27 heavy (non-hydrogen) atoms. The average molecular weight is 351 g/mol. The van der Waals surface area contributed by atoms with Crippen molar-refractivity contribution >= 4 is 22.5 Å². The van der Waals surface area contributed by atoms with E-state index in [1.165, 1.54) is 0 Å². The monoisotopic (exact) mass is 351 g/mol. The van der Waals surface area contributed by atoms with Crippen LogP contribution in [0.1, 0.15) is 21.5 Å². The molecule has 4 nitrogen and oxygen atoms in total. The molecule has 0 bridgehead atoms. The van der Waals surface area contributed by atoms with E-state index in [0.29, 0.717) is 5.56 Å². The molecule has 1 aromatic heterocycles. The number of nitrogens with zero attached hydrogens (tertiary/aromatic N) is 2. The fraction of sp³-hybridized carbons (Fsp3) is 0.0435. The van der Waals surface area contributed by atoms with Gasteiger partial charge in [-0.05, 0) is 17.2 Å². The van der Waals surface area contributed by atoms with E-state index < -0.39 is 0 Å². The van der Waals surface area contributed by atoms with E-state index in [-0.39, 0.29) is 5.91 Å². The van der Waals surface area contributed by atoms with E-state index >= 15 is 0 Å². The van der Waals surface area contributed by atoms with Gasteiger partial charge in [-0.3, -0.25) is 4.79 Å². The highest BCUT2D eigenvalue weighted by molar-refractivity contribution is 6.24. The minimum absolute atomic E-state index is 0.207. The third-order valence-electron chi connectivity index (χ3n) is 5.07. The largest absolute Gasteiger partial charge is 0.350 e. The van der Waals surface area contributed by atoms with E-state index in [1.807, 2.05) is 78.5 Å². The molecule has 3 aromatic carbocycles. The average Bonchev–Trinajstić information content (AvgIpc) is 3.22. The minimum Gasteiger partial charge on any atom is -0.350 e. The van der Waals surface area contributed by atoms with Crippen molar-refractivity contribution in [3.63, 3.8) is 0 Å². The Morgan fingerprint density at radius 3 is 2.04 bits per heavy atom. The van der Waals surface area contributed by atoms with Gasteiger partial charge in [-0.25, -0.2) is 5.43 Å². The molecule has 1 N–H and O–H groups in total. The number of nitrogens with one attached hydrogen (secondary N) is 1. The van der Waals surface area contributed by atoms with Crippen LogP contribution >= 0.6 is 0 Å². The zero-order valence-electron chi connectivity index (χ0n) is 14.8. The smallest absolute Gasteiger partial charge is 0.273 e. The highest BCUT2D eigenvalue weighted by atomic mass is 16.2. The second-order valence-electron chi connectivity index (χ2n) is 6.66. The zero-order chi connectivity index (χ0) is 18.4. The lowest BCUT2D eigenvalue weighted by molar-refractivity contribution is 0.0956. The minimum atomic E-state index is -0.207. The molecule has 1 aliphatic rings. The molecule has 0 spiro atoms. The number of hydrazone groups is 1. The molecule has 0 saturated carbocycles. The Morgan fingerprint density at radius 1 is 0.815 bits per heavy atom. The highest BCUT2D eigenvalue weighted by Gasteiger charge is 2.24. The summed E-state index contributed by atoms with van der Waals surface area (Å²) < 4.78 is 1.96. The number of hydrogen-bond acceptors (Lipinski definition) is 2. The van der Waals surface area contributed by atoms with E-state index in [4.69, 9.17) is 0 Å². The van der Waals surface area contributed by atoms with Crippen LogP contribution < -0.4 is 5.43 Å². The lowest BCUT2D eigenvalue weighted by Gasteiger charge is -2.03. The third-order valence-corrected chi connectivity index (χ3v) is 5.07. The molecule has 0 unspecified atom stereocenters. The molecule has 1 amide bonds. The summed E-state index contributed by atoms with van der Waals surface area (Å²) in [6.45, 7) is 0. The molecule has 0 fully saturated rings. The Bertz CT molecular complexity index is 1190. The molecule has 0 radical (unpaired) electrons. The summed E-state index contributed by atoms with van der Waals surface area (Å²) in [4.78, 5) is 12.8. The van der Waals surface area contributed by atoms with Gasteiger partial charge in [-0.15, -0.1) is 0 Å². The summed E-state index contributed by atoms with van der Waals surface area (Å²) in [5, 5.41) is 5.43. The molecule has 1 heterocycles. The number of benzene rings is 3. The standard InChI is InChI=1S/C23H17N3O/c1-26-14-20(17-10-6-7-13-21(17)26)23(27)25-24-22-18-11-4-2-8-15(18)16-9-3-5-12-19(16)22/h2-14H,1H3,(H,25,27). The maximum Gasteiger partial charge on any atom is 0.273 e. The van der Waals surface area contributed by atoms with Gasteiger partial charge in [0.25, 0.3) is 5.91 Å². The third kappa shape index (κ3) is 2.38. The molecule has 1 aliphatic carbocycles. The first kappa shape index (κ1) is 15.6. The number of carbonyl (C=O) groups is 1. The fourth-order valence-corrected chi connectivity index (χ4v) is 3.80. The number of aryl methyl sites for hydroxylation is 1. The van der Waals surface area contributed by atoms with Crippen molar-refractivity contribution in [2.75, 3.05) is 0 Å². The Balaban J connectivity index is 1.55. The molecule has 130 valence electrons. The van der Waals surface area contributed by atoms with Crippen molar-refractivity contribution in [1.29, 1.82) is 0 Å².